The predicted octanol–water partition coefficient (Wildman–Crippen LogP) is 0.362. The molecule has 1 amide bonds. The largest absolute Gasteiger partial charge is 0.311 e. The molecule has 0 fully saturated rings. The van der Waals surface area contributed by atoms with Crippen molar-refractivity contribution in [1.29, 1.82) is 0 Å². The Hall–Kier alpha value is -1.44. The van der Waals surface area contributed by atoms with Crippen molar-refractivity contribution in [3.05, 3.63) is 29.8 Å². The zero-order valence-electron chi connectivity index (χ0n) is 11.7. The van der Waals surface area contributed by atoms with Crippen molar-refractivity contribution in [2.75, 3.05) is 32.1 Å². The SMILES string of the molecule is CN(C)S(=O)(=O)NCC(=O)N1CCCc2ccccc21. The number of fused-ring (bicyclic) bond motifs is 1. The van der Waals surface area contributed by atoms with Crippen LogP contribution in [0.15, 0.2) is 24.3 Å². The summed E-state index contributed by atoms with van der Waals surface area (Å²) in [7, 11) is -0.734. The molecule has 0 aliphatic carbocycles. The van der Waals surface area contributed by atoms with Crippen LogP contribution in [0.5, 0.6) is 0 Å². The van der Waals surface area contributed by atoms with Gasteiger partial charge in [-0.15, -0.1) is 0 Å². The van der Waals surface area contributed by atoms with E-state index in [1.165, 1.54) is 14.1 Å². The van der Waals surface area contributed by atoms with Gasteiger partial charge >= 0.3 is 0 Å². The van der Waals surface area contributed by atoms with Crippen LogP contribution in [0.2, 0.25) is 0 Å². The first kappa shape index (κ1) is 15.0. The maximum absolute atomic E-state index is 12.2. The summed E-state index contributed by atoms with van der Waals surface area (Å²) in [4.78, 5) is 13.9. The van der Waals surface area contributed by atoms with Crippen molar-refractivity contribution in [3.8, 4) is 0 Å². The molecule has 0 unspecified atom stereocenters. The van der Waals surface area contributed by atoms with Gasteiger partial charge < -0.3 is 4.90 Å². The van der Waals surface area contributed by atoms with Gasteiger partial charge in [-0.25, -0.2) is 0 Å². The second-order valence-electron chi connectivity index (χ2n) is 4.89. The first-order chi connectivity index (χ1) is 9.42. The summed E-state index contributed by atoms with van der Waals surface area (Å²) in [5, 5.41) is 0. The van der Waals surface area contributed by atoms with Crippen molar-refractivity contribution in [2.24, 2.45) is 0 Å². The van der Waals surface area contributed by atoms with Crippen molar-refractivity contribution < 1.29 is 13.2 Å². The monoisotopic (exact) mass is 297 g/mol. The van der Waals surface area contributed by atoms with Gasteiger partial charge in [0.1, 0.15) is 0 Å². The lowest BCUT2D eigenvalue weighted by Crippen LogP contribution is -2.45. The normalized spacial score (nSPS) is 15.2. The van der Waals surface area contributed by atoms with Crippen LogP contribution in [0.1, 0.15) is 12.0 Å². The minimum absolute atomic E-state index is 0.227. The van der Waals surface area contributed by atoms with E-state index in [1.807, 2.05) is 24.3 Å². The Morgan fingerprint density at radius 2 is 2.05 bits per heavy atom. The number of nitrogens with one attached hydrogen (secondary N) is 1. The zero-order valence-corrected chi connectivity index (χ0v) is 12.5. The Kier molecular flexibility index (Phi) is 4.42. The molecule has 0 atom stereocenters. The van der Waals surface area contributed by atoms with Gasteiger partial charge in [0.05, 0.1) is 6.54 Å². The molecule has 2 rings (SSSR count). The van der Waals surface area contributed by atoms with Gasteiger partial charge in [-0.1, -0.05) is 18.2 Å². The fraction of sp³-hybridized carbons (Fsp3) is 0.462. The van der Waals surface area contributed by atoms with Crippen molar-refractivity contribution in [3.63, 3.8) is 0 Å². The minimum atomic E-state index is -3.57. The molecule has 6 nitrogen and oxygen atoms in total. The zero-order chi connectivity index (χ0) is 14.8. The molecule has 20 heavy (non-hydrogen) atoms. The van der Waals surface area contributed by atoms with E-state index in [0.717, 1.165) is 28.4 Å². The molecule has 1 aliphatic heterocycles. The third-order valence-corrected chi connectivity index (χ3v) is 4.77. The van der Waals surface area contributed by atoms with Crippen LogP contribution in [0, 0.1) is 0 Å². The molecular formula is C13H19N3O3S. The fourth-order valence-electron chi connectivity index (χ4n) is 2.17. The van der Waals surface area contributed by atoms with E-state index in [4.69, 9.17) is 0 Å². The average Bonchev–Trinajstić information content (AvgIpc) is 2.44. The molecule has 0 aromatic heterocycles. The number of amides is 1. The highest BCUT2D eigenvalue weighted by molar-refractivity contribution is 7.87. The van der Waals surface area contributed by atoms with E-state index in [2.05, 4.69) is 4.72 Å². The summed E-state index contributed by atoms with van der Waals surface area (Å²) < 4.78 is 26.6. The number of carbonyl (C=O) groups excluding carboxylic acids is 1. The number of carbonyl (C=O) groups is 1. The summed E-state index contributed by atoms with van der Waals surface area (Å²) >= 11 is 0. The number of hydrogen-bond acceptors (Lipinski definition) is 3. The van der Waals surface area contributed by atoms with E-state index < -0.39 is 10.2 Å². The van der Waals surface area contributed by atoms with Gasteiger partial charge in [0.15, 0.2) is 0 Å². The number of hydrogen-bond donors (Lipinski definition) is 1. The molecule has 1 N–H and O–H groups in total. The van der Waals surface area contributed by atoms with E-state index in [0.29, 0.717) is 6.54 Å². The number of benzene rings is 1. The molecule has 1 aliphatic rings. The van der Waals surface area contributed by atoms with Crippen LogP contribution < -0.4 is 9.62 Å². The Bertz CT molecular complexity index is 599. The lowest BCUT2D eigenvalue weighted by atomic mass is 10.0. The predicted molar refractivity (Wildman–Crippen MR) is 77.7 cm³/mol. The van der Waals surface area contributed by atoms with Gasteiger partial charge in [0.25, 0.3) is 10.2 Å². The van der Waals surface area contributed by atoms with Crippen LogP contribution >= 0.6 is 0 Å². The first-order valence-electron chi connectivity index (χ1n) is 6.47. The van der Waals surface area contributed by atoms with E-state index in [9.17, 15) is 13.2 Å². The topological polar surface area (TPSA) is 69.7 Å². The highest BCUT2D eigenvalue weighted by Gasteiger charge is 2.23. The number of nitrogens with zero attached hydrogens (tertiary/aromatic N) is 2. The standard InChI is InChI=1S/C13H19N3O3S/c1-15(2)20(18,19)14-10-13(17)16-9-5-7-11-6-3-4-8-12(11)16/h3-4,6,8,14H,5,7,9-10H2,1-2H3. The Morgan fingerprint density at radius 1 is 1.35 bits per heavy atom. The summed E-state index contributed by atoms with van der Waals surface area (Å²) in [6.45, 7) is 0.397. The molecule has 0 bridgehead atoms. The quantitative estimate of drug-likeness (QED) is 0.872. The lowest BCUT2D eigenvalue weighted by molar-refractivity contribution is -0.117. The third-order valence-electron chi connectivity index (χ3n) is 3.30. The van der Waals surface area contributed by atoms with Crippen molar-refractivity contribution in [1.82, 2.24) is 9.03 Å². The second-order valence-corrected chi connectivity index (χ2v) is 6.86. The highest BCUT2D eigenvalue weighted by atomic mass is 32.2. The fourth-order valence-corrected chi connectivity index (χ4v) is 2.73. The number of para-hydroxylation sites is 1. The van der Waals surface area contributed by atoms with Gasteiger partial charge in [0.2, 0.25) is 5.91 Å². The molecule has 0 spiro atoms. The minimum Gasteiger partial charge on any atom is -0.311 e. The Balaban J connectivity index is 2.08. The molecular weight excluding hydrogens is 278 g/mol. The summed E-state index contributed by atoms with van der Waals surface area (Å²) in [5.41, 5.74) is 2.01. The summed E-state index contributed by atoms with van der Waals surface area (Å²) in [5.74, 6) is -0.234. The molecule has 0 saturated carbocycles. The summed E-state index contributed by atoms with van der Waals surface area (Å²) in [6, 6.07) is 7.72. The Labute approximate surface area is 119 Å². The number of anilines is 1. The van der Waals surface area contributed by atoms with Crippen molar-refractivity contribution in [2.45, 2.75) is 12.8 Å². The maximum Gasteiger partial charge on any atom is 0.279 e. The van der Waals surface area contributed by atoms with Crippen LogP contribution in [0.3, 0.4) is 0 Å². The summed E-state index contributed by atoms with van der Waals surface area (Å²) in [6.07, 6.45) is 1.84. The van der Waals surface area contributed by atoms with Crippen LogP contribution in [0.25, 0.3) is 0 Å². The maximum atomic E-state index is 12.2. The first-order valence-corrected chi connectivity index (χ1v) is 7.91. The van der Waals surface area contributed by atoms with Crippen molar-refractivity contribution >= 4 is 21.8 Å². The molecule has 1 aromatic rings. The molecule has 7 heteroatoms. The van der Waals surface area contributed by atoms with Crippen LogP contribution in [-0.4, -0.2) is 45.8 Å². The Morgan fingerprint density at radius 3 is 2.75 bits per heavy atom. The number of aryl methyl sites for hydroxylation is 1. The highest BCUT2D eigenvalue weighted by Crippen LogP contribution is 2.26. The van der Waals surface area contributed by atoms with E-state index >= 15 is 0 Å². The second kappa shape index (κ2) is 5.90. The van der Waals surface area contributed by atoms with Crippen LogP contribution in [-0.2, 0) is 21.4 Å². The molecule has 0 radical (unpaired) electrons. The van der Waals surface area contributed by atoms with E-state index in [1.54, 1.807) is 4.90 Å². The molecule has 0 saturated heterocycles. The average molecular weight is 297 g/mol. The van der Waals surface area contributed by atoms with Gasteiger partial charge in [-0.2, -0.15) is 17.4 Å². The van der Waals surface area contributed by atoms with Gasteiger partial charge in [0, 0.05) is 26.3 Å². The van der Waals surface area contributed by atoms with E-state index in [-0.39, 0.29) is 12.5 Å². The molecule has 110 valence electrons. The molecule has 1 heterocycles. The smallest absolute Gasteiger partial charge is 0.279 e. The lowest BCUT2D eigenvalue weighted by Gasteiger charge is -2.29. The van der Waals surface area contributed by atoms with Gasteiger partial charge in [-0.3, -0.25) is 4.79 Å². The molecule has 1 aromatic carbocycles. The number of rotatable bonds is 4. The van der Waals surface area contributed by atoms with Gasteiger partial charge in [-0.05, 0) is 24.5 Å². The third kappa shape index (κ3) is 3.17. The van der Waals surface area contributed by atoms with Crippen LogP contribution in [0.4, 0.5) is 5.69 Å².